The van der Waals surface area contributed by atoms with Crippen LogP contribution in [0.1, 0.15) is 35.7 Å². The first-order valence-electron chi connectivity index (χ1n) is 10.3. The number of benzene rings is 1. The van der Waals surface area contributed by atoms with Crippen molar-refractivity contribution in [2.75, 3.05) is 38.6 Å². The van der Waals surface area contributed by atoms with Gasteiger partial charge in [-0.15, -0.1) is 0 Å². The molecule has 1 aromatic carbocycles. The fourth-order valence-corrected chi connectivity index (χ4v) is 4.23. The number of hydrogen-bond donors (Lipinski definition) is 0. The summed E-state index contributed by atoms with van der Waals surface area (Å²) in [4.78, 5) is 14.4. The predicted octanol–water partition coefficient (Wildman–Crippen LogP) is 3.99. The molecule has 1 fully saturated rings. The Bertz CT molecular complexity index is 959. The number of pyridine rings is 1. The molecule has 0 spiro atoms. The van der Waals surface area contributed by atoms with E-state index in [1.54, 1.807) is 0 Å². The number of imidazole rings is 1. The molecule has 1 saturated heterocycles. The Labute approximate surface area is 168 Å². The van der Waals surface area contributed by atoms with Crippen molar-refractivity contribution in [2.45, 2.75) is 39.2 Å². The molecular formula is C23H31N5. The quantitative estimate of drug-likeness (QED) is 0.674. The normalized spacial score (nSPS) is 17.6. The average molecular weight is 378 g/mol. The molecule has 0 amide bonds. The molecule has 4 rings (SSSR count). The average Bonchev–Trinajstić information content (AvgIpc) is 3.15. The highest BCUT2D eigenvalue weighted by atomic mass is 15.2. The van der Waals surface area contributed by atoms with E-state index in [1.165, 1.54) is 35.2 Å². The lowest BCUT2D eigenvalue weighted by Crippen LogP contribution is -2.36. The zero-order valence-electron chi connectivity index (χ0n) is 17.5. The van der Waals surface area contributed by atoms with Gasteiger partial charge >= 0.3 is 0 Å². The van der Waals surface area contributed by atoms with E-state index >= 15 is 0 Å². The molecule has 0 saturated carbocycles. The second-order valence-corrected chi connectivity index (χ2v) is 8.39. The SMILES string of the molecule is Cc1ccc2nc(N3CCCC(c4nccn4CCN(C)C)C3)cc(C)c2c1. The molecule has 28 heavy (non-hydrogen) atoms. The number of anilines is 1. The van der Waals surface area contributed by atoms with Crippen molar-refractivity contribution in [3.05, 3.63) is 53.6 Å². The first-order chi connectivity index (χ1) is 13.5. The van der Waals surface area contributed by atoms with Crippen molar-refractivity contribution in [1.82, 2.24) is 19.4 Å². The van der Waals surface area contributed by atoms with Crippen molar-refractivity contribution >= 4 is 16.7 Å². The second-order valence-electron chi connectivity index (χ2n) is 8.39. The van der Waals surface area contributed by atoms with Crippen LogP contribution >= 0.6 is 0 Å². The summed E-state index contributed by atoms with van der Waals surface area (Å²) in [6, 6.07) is 8.79. The van der Waals surface area contributed by atoms with Crippen LogP contribution in [0.2, 0.25) is 0 Å². The molecule has 0 radical (unpaired) electrons. The van der Waals surface area contributed by atoms with Crippen molar-refractivity contribution in [1.29, 1.82) is 0 Å². The fraction of sp³-hybridized carbons (Fsp3) is 0.478. The van der Waals surface area contributed by atoms with Crippen molar-refractivity contribution < 1.29 is 0 Å². The van der Waals surface area contributed by atoms with Crippen LogP contribution in [0.25, 0.3) is 10.9 Å². The molecule has 5 heteroatoms. The topological polar surface area (TPSA) is 37.2 Å². The Morgan fingerprint density at radius 2 is 2.04 bits per heavy atom. The molecule has 0 bridgehead atoms. The molecule has 1 aliphatic rings. The van der Waals surface area contributed by atoms with Crippen LogP contribution in [0.4, 0.5) is 5.82 Å². The Balaban J connectivity index is 1.57. The van der Waals surface area contributed by atoms with E-state index in [4.69, 9.17) is 9.97 Å². The van der Waals surface area contributed by atoms with Gasteiger partial charge in [0.1, 0.15) is 11.6 Å². The van der Waals surface area contributed by atoms with Gasteiger partial charge in [-0.1, -0.05) is 11.6 Å². The third-order valence-electron chi connectivity index (χ3n) is 5.80. The number of aromatic nitrogens is 3. The van der Waals surface area contributed by atoms with E-state index in [0.717, 1.165) is 37.5 Å². The van der Waals surface area contributed by atoms with E-state index < -0.39 is 0 Å². The van der Waals surface area contributed by atoms with E-state index in [1.807, 2.05) is 6.20 Å². The second kappa shape index (κ2) is 7.92. The largest absolute Gasteiger partial charge is 0.356 e. The molecule has 1 unspecified atom stereocenters. The molecule has 148 valence electrons. The number of rotatable bonds is 5. The number of nitrogens with zero attached hydrogens (tertiary/aromatic N) is 5. The van der Waals surface area contributed by atoms with Crippen LogP contribution in [-0.4, -0.2) is 53.2 Å². The maximum absolute atomic E-state index is 4.99. The minimum atomic E-state index is 0.460. The first-order valence-corrected chi connectivity index (χ1v) is 10.3. The smallest absolute Gasteiger partial charge is 0.129 e. The highest BCUT2D eigenvalue weighted by molar-refractivity contribution is 5.84. The Morgan fingerprint density at radius 1 is 1.18 bits per heavy atom. The van der Waals surface area contributed by atoms with Gasteiger partial charge < -0.3 is 14.4 Å². The van der Waals surface area contributed by atoms with Gasteiger partial charge in [0.25, 0.3) is 0 Å². The van der Waals surface area contributed by atoms with Gasteiger partial charge in [0, 0.05) is 49.9 Å². The summed E-state index contributed by atoms with van der Waals surface area (Å²) in [5.41, 5.74) is 3.68. The molecule has 0 N–H and O–H groups in total. The van der Waals surface area contributed by atoms with Gasteiger partial charge in [0.05, 0.1) is 5.52 Å². The predicted molar refractivity (Wildman–Crippen MR) is 116 cm³/mol. The number of piperidine rings is 1. The zero-order chi connectivity index (χ0) is 19.7. The molecule has 0 aliphatic carbocycles. The lowest BCUT2D eigenvalue weighted by Gasteiger charge is -2.34. The zero-order valence-corrected chi connectivity index (χ0v) is 17.5. The van der Waals surface area contributed by atoms with Crippen LogP contribution in [0.15, 0.2) is 36.7 Å². The summed E-state index contributed by atoms with van der Waals surface area (Å²) in [6.45, 7) is 8.42. The third-order valence-corrected chi connectivity index (χ3v) is 5.80. The molecule has 5 nitrogen and oxygen atoms in total. The summed E-state index contributed by atoms with van der Waals surface area (Å²) in [5.74, 6) is 2.78. The molecule has 2 aromatic heterocycles. The summed E-state index contributed by atoms with van der Waals surface area (Å²) in [5, 5.41) is 1.26. The van der Waals surface area contributed by atoms with Crippen LogP contribution in [0.3, 0.4) is 0 Å². The van der Waals surface area contributed by atoms with E-state index in [-0.39, 0.29) is 0 Å². The lowest BCUT2D eigenvalue weighted by molar-refractivity contribution is 0.373. The fourth-order valence-electron chi connectivity index (χ4n) is 4.23. The third kappa shape index (κ3) is 3.90. The van der Waals surface area contributed by atoms with Crippen molar-refractivity contribution in [3.63, 3.8) is 0 Å². The molecular weight excluding hydrogens is 346 g/mol. The van der Waals surface area contributed by atoms with E-state index in [0.29, 0.717) is 5.92 Å². The first kappa shape index (κ1) is 18.9. The van der Waals surface area contributed by atoms with Gasteiger partial charge in [-0.25, -0.2) is 9.97 Å². The summed E-state index contributed by atoms with van der Waals surface area (Å²) >= 11 is 0. The van der Waals surface area contributed by atoms with Gasteiger partial charge in [-0.05, 0) is 64.5 Å². The molecule has 1 atom stereocenters. The molecule has 3 aromatic rings. The number of likely N-dealkylation sites (N-methyl/N-ethyl adjacent to an activating group) is 1. The summed E-state index contributed by atoms with van der Waals surface area (Å²) < 4.78 is 2.33. The Hall–Kier alpha value is -2.40. The van der Waals surface area contributed by atoms with Gasteiger partial charge in [0.2, 0.25) is 0 Å². The standard InChI is InChI=1S/C23H31N5/c1-17-7-8-21-20(14-17)18(2)15-22(25-21)28-10-5-6-19(16-28)23-24-9-11-27(23)13-12-26(3)4/h7-9,11,14-15,19H,5-6,10,12-13,16H2,1-4H3. The Morgan fingerprint density at radius 3 is 2.86 bits per heavy atom. The number of hydrogen-bond acceptors (Lipinski definition) is 4. The van der Waals surface area contributed by atoms with Gasteiger partial charge in [0.15, 0.2) is 0 Å². The monoisotopic (exact) mass is 377 g/mol. The lowest BCUT2D eigenvalue weighted by atomic mass is 9.96. The van der Waals surface area contributed by atoms with Crippen LogP contribution in [-0.2, 0) is 6.54 Å². The Kier molecular flexibility index (Phi) is 5.36. The minimum absolute atomic E-state index is 0.460. The maximum Gasteiger partial charge on any atom is 0.129 e. The highest BCUT2D eigenvalue weighted by Gasteiger charge is 2.26. The number of aryl methyl sites for hydroxylation is 2. The van der Waals surface area contributed by atoms with Crippen LogP contribution in [0, 0.1) is 13.8 Å². The van der Waals surface area contributed by atoms with Crippen LogP contribution in [0.5, 0.6) is 0 Å². The van der Waals surface area contributed by atoms with E-state index in [9.17, 15) is 0 Å². The molecule has 3 heterocycles. The van der Waals surface area contributed by atoms with Crippen molar-refractivity contribution in [2.24, 2.45) is 0 Å². The minimum Gasteiger partial charge on any atom is -0.356 e. The maximum atomic E-state index is 4.99. The number of fused-ring (bicyclic) bond motifs is 1. The van der Waals surface area contributed by atoms with Gasteiger partial charge in [-0.2, -0.15) is 0 Å². The highest BCUT2D eigenvalue weighted by Crippen LogP contribution is 2.30. The van der Waals surface area contributed by atoms with Crippen LogP contribution < -0.4 is 4.90 Å². The summed E-state index contributed by atoms with van der Waals surface area (Å²) in [7, 11) is 4.24. The van der Waals surface area contributed by atoms with E-state index in [2.05, 4.69) is 72.8 Å². The molecule has 1 aliphatic heterocycles. The van der Waals surface area contributed by atoms with Gasteiger partial charge in [-0.3, -0.25) is 0 Å². The van der Waals surface area contributed by atoms with Crippen molar-refractivity contribution in [3.8, 4) is 0 Å². The summed E-state index contributed by atoms with van der Waals surface area (Å²) in [6.07, 6.45) is 6.45.